The smallest absolute Gasteiger partial charge is 0.0141 e. The largest absolute Gasteiger partial charge is 0.316 e. The van der Waals surface area contributed by atoms with Crippen LogP contribution in [0.3, 0.4) is 0 Å². The van der Waals surface area contributed by atoms with Gasteiger partial charge in [-0.3, -0.25) is 0 Å². The second-order valence-corrected chi connectivity index (χ2v) is 5.53. The molecule has 0 saturated heterocycles. The Hall–Kier alpha value is -0.0400. The summed E-state index contributed by atoms with van der Waals surface area (Å²) in [5, 5.41) is 3.51. The highest BCUT2D eigenvalue weighted by Crippen LogP contribution is 2.34. The topological polar surface area (TPSA) is 12.0 Å². The van der Waals surface area contributed by atoms with Crippen molar-refractivity contribution in [2.75, 3.05) is 7.05 Å². The van der Waals surface area contributed by atoms with Gasteiger partial charge >= 0.3 is 0 Å². The van der Waals surface area contributed by atoms with E-state index in [4.69, 9.17) is 0 Å². The third kappa shape index (κ3) is 2.98. The molecule has 1 rings (SSSR count). The van der Waals surface area contributed by atoms with Crippen LogP contribution in [0.15, 0.2) is 0 Å². The number of rotatable bonds is 2. The number of nitrogens with one attached hydrogen (secondary N) is 1. The molecule has 0 amide bonds. The van der Waals surface area contributed by atoms with Gasteiger partial charge in [0.05, 0.1) is 0 Å². The first kappa shape index (κ1) is 11.0. The molecule has 0 bridgehead atoms. The summed E-state index contributed by atoms with van der Waals surface area (Å²) in [6, 6.07) is 0.702. The lowest BCUT2D eigenvalue weighted by atomic mass is 9.73. The molecule has 1 heteroatoms. The highest BCUT2D eigenvalue weighted by Gasteiger charge is 2.31. The van der Waals surface area contributed by atoms with E-state index in [0.717, 1.165) is 5.92 Å². The lowest BCUT2D eigenvalue weighted by Gasteiger charge is -2.39. The molecular formula is C12H25N. The fourth-order valence-electron chi connectivity index (χ4n) is 2.84. The van der Waals surface area contributed by atoms with Crippen LogP contribution in [0.5, 0.6) is 0 Å². The molecular weight excluding hydrogens is 158 g/mol. The van der Waals surface area contributed by atoms with E-state index in [0.29, 0.717) is 11.5 Å². The molecule has 1 N–H and O–H groups in total. The number of hydrogen-bond donors (Lipinski definition) is 1. The van der Waals surface area contributed by atoms with E-state index in [2.05, 4.69) is 33.1 Å². The van der Waals surface area contributed by atoms with Gasteiger partial charge in [0.25, 0.3) is 0 Å². The van der Waals surface area contributed by atoms with Crippen LogP contribution in [-0.4, -0.2) is 13.1 Å². The first-order chi connectivity index (χ1) is 6.05. The van der Waals surface area contributed by atoms with E-state index < -0.39 is 0 Å². The van der Waals surface area contributed by atoms with Crippen LogP contribution >= 0.6 is 0 Å². The van der Waals surface area contributed by atoms with Gasteiger partial charge < -0.3 is 5.32 Å². The Morgan fingerprint density at radius 3 is 2.00 bits per heavy atom. The maximum atomic E-state index is 3.51. The Morgan fingerprint density at radius 2 is 1.62 bits per heavy atom. The van der Waals surface area contributed by atoms with Gasteiger partial charge in [-0.25, -0.2) is 0 Å². The highest BCUT2D eigenvalue weighted by molar-refractivity contribution is 4.86. The van der Waals surface area contributed by atoms with Crippen molar-refractivity contribution in [3.8, 4) is 0 Å². The predicted octanol–water partition coefficient (Wildman–Crippen LogP) is 3.20. The average molecular weight is 183 g/mol. The molecule has 0 radical (unpaired) electrons. The van der Waals surface area contributed by atoms with Gasteiger partial charge in [-0.05, 0) is 31.2 Å². The molecule has 1 nitrogen and oxygen atoms in total. The third-order valence-corrected chi connectivity index (χ3v) is 3.37. The molecule has 1 saturated carbocycles. The molecule has 0 aliphatic heterocycles. The second kappa shape index (κ2) is 4.45. The molecule has 0 aromatic rings. The van der Waals surface area contributed by atoms with E-state index in [1.54, 1.807) is 0 Å². The molecule has 0 aromatic carbocycles. The maximum absolute atomic E-state index is 3.51. The fourth-order valence-corrected chi connectivity index (χ4v) is 2.84. The third-order valence-electron chi connectivity index (χ3n) is 3.37. The quantitative estimate of drug-likeness (QED) is 0.693. The highest BCUT2D eigenvalue weighted by atomic mass is 14.9. The molecule has 0 heterocycles. The molecule has 0 spiro atoms. The molecule has 13 heavy (non-hydrogen) atoms. The molecule has 0 aromatic heterocycles. The van der Waals surface area contributed by atoms with Crippen molar-refractivity contribution in [3.05, 3.63) is 0 Å². The van der Waals surface area contributed by atoms with Gasteiger partial charge in [0.1, 0.15) is 0 Å². The maximum Gasteiger partial charge on any atom is 0.0141 e. The SMILES string of the molecule is CNC(C1CCCCC1)C(C)(C)C. The minimum atomic E-state index is 0.413. The van der Waals surface area contributed by atoms with Crippen LogP contribution in [-0.2, 0) is 0 Å². The van der Waals surface area contributed by atoms with E-state index >= 15 is 0 Å². The summed E-state index contributed by atoms with van der Waals surface area (Å²) in [5.41, 5.74) is 0.413. The summed E-state index contributed by atoms with van der Waals surface area (Å²) >= 11 is 0. The van der Waals surface area contributed by atoms with E-state index in [1.807, 2.05) is 0 Å². The Balaban J connectivity index is 2.54. The Labute approximate surface area is 83.3 Å². The Bertz CT molecular complexity index is 140. The van der Waals surface area contributed by atoms with Crippen molar-refractivity contribution in [3.63, 3.8) is 0 Å². The predicted molar refractivity (Wildman–Crippen MR) is 58.9 cm³/mol. The summed E-state index contributed by atoms with van der Waals surface area (Å²) in [6.45, 7) is 7.05. The summed E-state index contributed by atoms with van der Waals surface area (Å²) < 4.78 is 0. The number of hydrogen-bond acceptors (Lipinski definition) is 1. The minimum absolute atomic E-state index is 0.413. The van der Waals surface area contributed by atoms with Gasteiger partial charge in [0.15, 0.2) is 0 Å². The zero-order valence-electron chi connectivity index (χ0n) is 9.69. The molecule has 1 fully saturated rings. The first-order valence-corrected chi connectivity index (χ1v) is 5.73. The monoisotopic (exact) mass is 183 g/mol. The van der Waals surface area contributed by atoms with Gasteiger partial charge in [-0.15, -0.1) is 0 Å². The molecule has 1 atom stereocenters. The van der Waals surface area contributed by atoms with Crippen LogP contribution in [0.25, 0.3) is 0 Å². The normalized spacial score (nSPS) is 23.1. The fraction of sp³-hybridized carbons (Fsp3) is 1.00. The molecule has 1 aliphatic rings. The van der Waals surface area contributed by atoms with Gasteiger partial charge in [-0.1, -0.05) is 40.0 Å². The van der Waals surface area contributed by atoms with Gasteiger partial charge in [-0.2, -0.15) is 0 Å². The van der Waals surface area contributed by atoms with Crippen molar-refractivity contribution < 1.29 is 0 Å². The molecule has 78 valence electrons. The van der Waals surface area contributed by atoms with Crippen LogP contribution in [0, 0.1) is 11.3 Å². The summed E-state index contributed by atoms with van der Waals surface area (Å²) in [5.74, 6) is 0.916. The second-order valence-electron chi connectivity index (χ2n) is 5.53. The zero-order valence-corrected chi connectivity index (χ0v) is 9.69. The minimum Gasteiger partial charge on any atom is -0.316 e. The van der Waals surface area contributed by atoms with Gasteiger partial charge in [0, 0.05) is 6.04 Å². The van der Waals surface area contributed by atoms with Crippen LogP contribution in [0.2, 0.25) is 0 Å². The van der Waals surface area contributed by atoms with Crippen LogP contribution in [0.4, 0.5) is 0 Å². The van der Waals surface area contributed by atoms with Gasteiger partial charge in [0.2, 0.25) is 0 Å². The Morgan fingerprint density at radius 1 is 1.08 bits per heavy atom. The summed E-state index contributed by atoms with van der Waals surface area (Å²) in [4.78, 5) is 0. The van der Waals surface area contributed by atoms with E-state index in [-0.39, 0.29) is 0 Å². The lowest BCUT2D eigenvalue weighted by Crippen LogP contribution is -2.44. The summed E-state index contributed by atoms with van der Waals surface area (Å²) in [6.07, 6.45) is 7.21. The van der Waals surface area contributed by atoms with Crippen molar-refractivity contribution >= 4 is 0 Å². The summed E-state index contributed by atoms with van der Waals surface area (Å²) in [7, 11) is 2.12. The molecule has 1 unspecified atom stereocenters. The van der Waals surface area contributed by atoms with Crippen LogP contribution < -0.4 is 5.32 Å². The lowest BCUT2D eigenvalue weighted by molar-refractivity contribution is 0.166. The van der Waals surface area contributed by atoms with Crippen molar-refractivity contribution in [1.29, 1.82) is 0 Å². The van der Waals surface area contributed by atoms with Crippen molar-refractivity contribution in [2.24, 2.45) is 11.3 Å². The van der Waals surface area contributed by atoms with Crippen LogP contribution in [0.1, 0.15) is 52.9 Å². The first-order valence-electron chi connectivity index (χ1n) is 5.73. The molecule has 1 aliphatic carbocycles. The zero-order chi connectivity index (χ0) is 9.90. The Kier molecular flexibility index (Phi) is 3.78. The van der Waals surface area contributed by atoms with Crippen molar-refractivity contribution in [1.82, 2.24) is 5.32 Å². The van der Waals surface area contributed by atoms with E-state index in [1.165, 1.54) is 32.1 Å². The standard InChI is InChI=1S/C12H25N/c1-12(2,3)11(13-4)10-8-6-5-7-9-10/h10-11,13H,5-9H2,1-4H3. The average Bonchev–Trinajstić information content (AvgIpc) is 2.05. The van der Waals surface area contributed by atoms with Crippen molar-refractivity contribution in [2.45, 2.75) is 58.9 Å². The van der Waals surface area contributed by atoms with E-state index in [9.17, 15) is 0 Å².